The number of aromatic nitrogens is 1. The van der Waals surface area contributed by atoms with Crippen LogP contribution in [0.4, 0.5) is 4.39 Å². The largest absolute Gasteiger partial charge is 0.481 e. The first-order valence-corrected chi connectivity index (χ1v) is 6.06. The Morgan fingerprint density at radius 3 is 2.72 bits per heavy atom. The fourth-order valence-corrected chi connectivity index (χ4v) is 2.25. The molecule has 0 amide bonds. The third-order valence-corrected chi connectivity index (χ3v) is 3.79. The van der Waals surface area contributed by atoms with E-state index in [0.29, 0.717) is 0 Å². The Bertz CT molecular complexity index is 446. The maximum atomic E-state index is 13.1. The van der Waals surface area contributed by atoms with Gasteiger partial charge in [-0.1, -0.05) is 6.92 Å². The minimum absolute atomic E-state index is 0.0745. The van der Waals surface area contributed by atoms with Crippen LogP contribution in [0.3, 0.4) is 0 Å². The summed E-state index contributed by atoms with van der Waals surface area (Å²) in [5, 5.41) is 8.92. The van der Waals surface area contributed by atoms with Crippen LogP contribution < -0.4 is 0 Å². The number of nitrogens with zero attached hydrogens (tertiary/aromatic N) is 2. The zero-order chi connectivity index (χ0) is 13.3. The molecular formula is C13H17FN2O2. The predicted molar refractivity (Wildman–Crippen MR) is 64.5 cm³/mol. The Hall–Kier alpha value is -1.49. The van der Waals surface area contributed by atoms with E-state index in [2.05, 4.69) is 9.88 Å². The van der Waals surface area contributed by atoms with Crippen molar-refractivity contribution in [3.63, 3.8) is 0 Å². The van der Waals surface area contributed by atoms with Crippen molar-refractivity contribution in [3.05, 3.63) is 29.8 Å². The van der Waals surface area contributed by atoms with Crippen molar-refractivity contribution in [1.82, 2.24) is 9.88 Å². The van der Waals surface area contributed by atoms with Crippen molar-refractivity contribution in [1.29, 1.82) is 0 Å². The van der Waals surface area contributed by atoms with Gasteiger partial charge >= 0.3 is 5.97 Å². The summed E-state index contributed by atoms with van der Waals surface area (Å²) in [5.74, 6) is -1.22. The molecule has 2 rings (SSSR count). The summed E-state index contributed by atoms with van der Waals surface area (Å²) in [4.78, 5) is 16.8. The Morgan fingerprint density at radius 1 is 1.50 bits per heavy atom. The van der Waals surface area contributed by atoms with Crippen LogP contribution in [0.2, 0.25) is 0 Å². The predicted octanol–water partition coefficient (Wildman–Crippen LogP) is 1.93. The number of hydrogen-bond acceptors (Lipinski definition) is 3. The highest BCUT2D eigenvalue weighted by atomic mass is 19.1. The second-order valence-electron chi connectivity index (χ2n) is 4.95. The molecule has 1 aromatic heterocycles. The monoisotopic (exact) mass is 252 g/mol. The Balaban J connectivity index is 1.94. The van der Waals surface area contributed by atoms with Crippen LogP contribution in [0.15, 0.2) is 18.5 Å². The van der Waals surface area contributed by atoms with Crippen LogP contribution in [-0.4, -0.2) is 34.0 Å². The highest BCUT2D eigenvalue weighted by molar-refractivity contribution is 5.70. The molecule has 98 valence electrons. The topological polar surface area (TPSA) is 53.4 Å². The lowest BCUT2D eigenvalue weighted by Crippen LogP contribution is -2.51. The van der Waals surface area contributed by atoms with E-state index in [1.165, 1.54) is 12.3 Å². The average Bonchev–Trinajstić information content (AvgIpc) is 2.26. The normalized spacial score (nSPS) is 20.2. The zero-order valence-electron chi connectivity index (χ0n) is 10.5. The van der Waals surface area contributed by atoms with E-state index in [9.17, 15) is 9.18 Å². The number of likely N-dealkylation sites (tertiary alicyclic amines) is 1. The van der Waals surface area contributed by atoms with Gasteiger partial charge in [0, 0.05) is 25.3 Å². The molecule has 0 radical (unpaired) electrons. The Kier molecular flexibility index (Phi) is 3.61. The number of hydrogen-bond donors (Lipinski definition) is 1. The minimum atomic E-state index is -0.750. The van der Waals surface area contributed by atoms with E-state index in [1.807, 2.05) is 6.92 Å². The van der Waals surface area contributed by atoms with Crippen LogP contribution in [0.25, 0.3) is 0 Å². The summed E-state index contributed by atoms with van der Waals surface area (Å²) in [7, 11) is 0. The molecule has 0 spiro atoms. The summed E-state index contributed by atoms with van der Waals surface area (Å²) in [6.45, 7) is 5.20. The van der Waals surface area contributed by atoms with E-state index in [4.69, 9.17) is 5.11 Å². The van der Waals surface area contributed by atoms with Gasteiger partial charge in [-0.2, -0.15) is 0 Å². The zero-order valence-corrected chi connectivity index (χ0v) is 10.5. The van der Waals surface area contributed by atoms with E-state index >= 15 is 0 Å². The van der Waals surface area contributed by atoms with Gasteiger partial charge in [-0.25, -0.2) is 4.39 Å². The quantitative estimate of drug-likeness (QED) is 0.889. The van der Waals surface area contributed by atoms with Gasteiger partial charge in [-0.3, -0.25) is 14.7 Å². The van der Waals surface area contributed by atoms with Gasteiger partial charge in [0.2, 0.25) is 0 Å². The van der Waals surface area contributed by atoms with Crippen molar-refractivity contribution >= 4 is 5.97 Å². The van der Waals surface area contributed by atoms with Gasteiger partial charge < -0.3 is 5.11 Å². The van der Waals surface area contributed by atoms with Crippen molar-refractivity contribution in [3.8, 4) is 0 Å². The molecule has 1 fully saturated rings. The maximum absolute atomic E-state index is 13.1. The van der Waals surface area contributed by atoms with Crippen molar-refractivity contribution < 1.29 is 14.3 Å². The SMILES string of the molecule is CC(C(=O)O)C1CN(C(C)c2cncc(F)c2)C1. The molecule has 1 N–H and O–H groups in total. The highest BCUT2D eigenvalue weighted by Gasteiger charge is 2.37. The fourth-order valence-electron chi connectivity index (χ4n) is 2.25. The van der Waals surface area contributed by atoms with E-state index in [0.717, 1.165) is 18.7 Å². The first-order valence-electron chi connectivity index (χ1n) is 6.06. The molecule has 2 heterocycles. The summed E-state index contributed by atoms with van der Waals surface area (Å²) in [6, 6.07) is 1.55. The van der Waals surface area contributed by atoms with Crippen molar-refractivity contribution in [2.45, 2.75) is 19.9 Å². The average molecular weight is 252 g/mol. The lowest BCUT2D eigenvalue weighted by Gasteiger charge is -2.44. The van der Waals surface area contributed by atoms with Gasteiger partial charge in [0.15, 0.2) is 0 Å². The molecule has 1 aliphatic rings. The number of carboxylic acid groups (broad SMARTS) is 1. The van der Waals surface area contributed by atoms with Gasteiger partial charge in [-0.15, -0.1) is 0 Å². The minimum Gasteiger partial charge on any atom is -0.481 e. The molecule has 4 nitrogen and oxygen atoms in total. The van der Waals surface area contributed by atoms with E-state index < -0.39 is 5.97 Å². The Morgan fingerprint density at radius 2 is 2.17 bits per heavy atom. The van der Waals surface area contributed by atoms with Crippen molar-refractivity contribution in [2.24, 2.45) is 11.8 Å². The summed E-state index contributed by atoms with van der Waals surface area (Å²) >= 11 is 0. The molecular weight excluding hydrogens is 235 g/mol. The molecule has 1 aromatic rings. The summed E-state index contributed by atoms with van der Waals surface area (Å²) < 4.78 is 13.1. The molecule has 5 heteroatoms. The molecule has 0 aliphatic carbocycles. The molecule has 0 bridgehead atoms. The van der Waals surface area contributed by atoms with Crippen LogP contribution in [0, 0.1) is 17.7 Å². The number of pyridine rings is 1. The lowest BCUT2D eigenvalue weighted by atomic mass is 9.85. The number of carbonyl (C=O) groups is 1. The van der Waals surface area contributed by atoms with Crippen LogP contribution >= 0.6 is 0 Å². The van der Waals surface area contributed by atoms with Gasteiger partial charge in [0.05, 0.1) is 12.1 Å². The molecule has 1 aliphatic heterocycles. The number of carboxylic acids is 1. The third kappa shape index (κ3) is 2.51. The smallest absolute Gasteiger partial charge is 0.306 e. The molecule has 0 saturated carbocycles. The molecule has 18 heavy (non-hydrogen) atoms. The van der Waals surface area contributed by atoms with Crippen LogP contribution in [0.1, 0.15) is 25.5 Å². The first-order chi connectivity index (χ1) is 8.49. The summed E-state index contributed by atoms with van der Waals surface area (Å²) in [5.41, 5.74) is 0.830. The highest BCUT2D eigenvalue weighted by Crippen LogP contribution is 2.32. The van der Waals surface area contributed by atoms with E-state index in [-0.39, 0.29) is 23.7 Å². The van der Waals surface area contributed by atoms with Gasteiger partial charge in [-0.05, 0) is 24.5 Å². The number of rotatable bonds is 4. The van der Waals surface area contributed by atoms with Gasteiger partial charge in [0.25, 0.3) is 0 Å². The molecule has 0 aromatic carbocycles. The Labute approximate surface area is 105 Å². The molecule has 2 unspecified atom stereocenters. The standard InChI is InChI=1S/C13H17FN2O2/c1-8(13(17)18)11-6-16(7-11)9(2)10-3-12(14)5-15-4-10/h3-5,8-9,11H,6-7H2,1-2H3,(H,17,18). The number of aliphatic carboxylic acids is 1. The second kappa shape index (κ2) is 5.02. The molecule has 2 atom stereocenters. The third-order valence-electron chi connectivity index (χ3n) is 3.79. The first kappa shape index (κ1) is 13.0. The van der Waals surface area contributed by atoms with Gasteiger partial charge in [0.1, 0.15) is 5.82 Å². The fraction of sp³-hybridized carbons (Fsp3) is 0.538. The van der Waals surface area contributed by atoms with E-state index in [1.54, 1.807) is 13.1 Å². The molecule has 1 saturated heterocycles. The van der Waals surface area contributed by atoms with Crippen LogP contribution in [0.5, 0.6) is 0 Å². The maximum Gasteiger partial charge on any atom is 0.306 e. The van der Waals surface area contributed by atoms with Crippen molar-refractivity contribution in [2.75, 3.05) is 13.1 Å². The lowest BCUT2D eigenvalue weighted by molar-refractivity contribution is -0.146. The van der Waals surface area contributed by atoms with Crippen LogP contribution in [-0.2, 0) is 4.79 Å². The second-order valence-corrected chi connectivity index (χ2v) is 4.95. The number of halogens is 1. The summed E-state index contributed by atoms with van der Waals surface area (Å²) in [6.07, 6.45) is 2.84.